The Bertz CT molecular complexity index is 478. The van der Waals surface area contributed by atoms with Gasteiger partial charge in [0.1, 0.15) is 5.75 Å². The van der Waals surface area contributed by atoms with Crippen LogP contribution in [0.15, 0.2) is 18.2 Å². The molecule has 22 heavy (non-hydrogen) atoms. The van der Waals surface area contributed by atoms with Crippen molar-refractivity contribution in [1.82, 2.24) is 10.6 Å². The molecule has 5 nitrogen and oxygen atoms in total. The maximum atomic E-state index is 11.9. The number of benzene rings is 1. The molecule has 0 spiro atoms. The van der Waals surface area contributed by atoms with Gasteiger partial charge in [-0.3, -0.25) is 4.79 Å². The van der Waals surface area contributed by atoms with Crippen molar-refractivity contribution in [3.63, 3.8) is 0 Å². The number of carbonyl (C=O) groups is 1. The number of ether oxygens (including phenoxy) is 2. The molecule has 1 fully saturated rings. The highest BCUT2D eigenvalue weighted by atomic mass is 35.5. The van der Waals surface area contributed by atoms with Crippen LogP contribution in [0.1, 0.15) is 17.5 Å². The molecule has 0 saturated carbocycles. The molecule has 0 radical (unpaired) electrons. The van der Waals surface area contributed by atoms with Crippen LogP contribution in [0.25, 0.3) is 0 Å². The minimum absolute atomic E-state index is 0. The lowest BCUT2D eigenvalue weighted by Crippen LogP contribution is -2.50. The van der Waals surface area contributed by atoms with E-state index in [-0.39, 0.29) is 24.2 Å². The van der Waals surface area contributed by atoms with E-state index >= 15 is 0 Å². The van der Waals surface area contributed by atoms with Gasteiger partial charge >= 0.3 is 0 Å². The summed E-state index contributed by atoms with van der Waals surface area (Å²) in [5.74, 6) is 1.07. The van der Waals surface area contributed by atoms with Crippen molar-refractivity contribution in [3.8, 4) is 5.75 Å². The second-order valence-corrected chi connectivity index (χ2v) is 5.38. The van der Waals surface area contributed by atoms with Gasteiger partial charge in [0.15, 0.2) is 0 Å². The van der Waals surface area contributed by atoms with E-state index in [1.54, 1.807) is 7.11 Å². The second-order valence-electron chi connectivity index (χ2n) is 5.38. The number of carbonyl (C=O) groups excluding carboxylic acids is 1. The second kappa shape index (κ2) is 9.66. The molecular formula is C16H25ClN2O3. The van der Waals surface area contributed by atoms with E-state index in [1.165, 1.54) is 0 Å². The molecule has 0 unspecified atom stereocenters. The molecule has 0 aromatic heterocycles. The highest BCUT2D eigenvalue weighted by molar-refractivity contribution is 5.85. The molecule has 1 aromatic rings. The van der Waals surface area contributed by atoms with E-state index in [9.17, 15) is 4.79 Å². The molecule has 6 heteroatoms. The van der Waals surface area contributed by atoms with Gasteiger partial charge in [0, 0.05) is 45.3 Å². The SMILES string of the molecule is COCCCOc1cc(C)ccc1CNC(=O)C1CNC1.Cl. The van der Waals surface area contributed by atoms with E-state index in [2.05, 4.69) is 10.6 Å². The van der Waals surface area contributed by atoms with Gasteiger partial charge in [0.25, 0.3) is 0 Å². The van der Waals surface area contributed by atoms with Crippen LogP contribution in [0.5, 0.6) is 5.75 Å². The number of amides is 1. The lowest BCUT2D eigenvalue weighted by molar-refractivity contribution is -0.126. The standard InChI is InChI=1S/C16H24N2O3.ClH/c1-12-4-5-13(11-18-16(19)14-9-17-10-14)15(8-12)21-7-3-6-20-2;/h4-5,8,14,17H,3,6-7,9-11H2,1-2H3,(H,18,19);1H. The summed E-state index contributed by atoms with van der Waals surface area (Å²) in [7, 11) is 1.68. The van der Waals surface area contributed by atoms with E-state index in [4.69, 9.17) is 9.47 Å². The fourth-order valence-corrected chi connectivity index (χ4v) is 2.13. The third kappa shape index (κ3) is 5.48. The number of methoxy groups -OCH3 is 1. The molecule has 1 aliphatic rings. The topological polar surface area (TPSA) is 59.6 Å². The van der Waals surface area contributed by atoms with Gasteiger partial charge in [-0.15, -0.1) is 12.4 Å². The van der Waals surface area contributed by atoms with Gasteiger partial charge in [-0.2, -0.15) is 0 Å². The predicted octanol–water partition coefficient (Wildman–Crippen LogP) is 1.67. The van der Waals surface area contributed by atoms with Gasteiger partial charge in [-0.1, -0.05) is 12.1 Å². The van der Waals surface area contributed by atoms with Crippen molar-refractivity contribution in [3.05, 3.63) is 29.3 Å². The average molecular weight is 329 g/mol. The monoisotopic (exact) mass is 328 g/mol. The number of nitrogens with one attached hydrogen (secondary N) is 2. The molecule has 1 aliphatic heterocycles. The first kappa shape index (κ1) is 18.7. The quantitative estimate of drug-likeness (QED) is 0.713. The Morgan fingerprint density at radius 2 is 2.14 bits per heavy atom. The van der Waals surface area contributed by atoms with Crippen LogP contribution in [0.3, 0.4) is 0 Å². The average Bonchev–Trinajstić information content (AvgIpc) is 2.41. The zero-order valence-electron chi connectivity index (χ0n) is 13.2. The van der Waals surface area contributed by atoms with E-state index < -0.39 is 0 Å². The van der Waals surface area contributed by atoms with E-state index in [1.807, 2.05) is 25.1 Å². The number of hydrogen-bond donors (Lipinski definition) is 2. The first-order chi connectivity index (χ1) is 10.2. The van der Waals surface area contributed by atoms with Gasteiger partial charge in [-0.25, -0.2) is 0 Å². The minimum Gasteiger partial charge on any atom is -0.493 e. The Kier molecular flexibility index (Phi) is 8.24. The van der Waals surface area contributed by atoms with Gasteiger partial charge in [0.2, 0.25) is 5.91 Å². The summed E-state index contributed by atoms with van der Waals surface area (Å²) in [5, 5.41) is 6.08. The van der Waals surface area contributed by atoms with Crippen LogP contribution in [0, 0.1) is 12.8 Å². The Morgan fingerprint density at radius 3 is 2.77 bits per heavy atom. The van der Waals surface area contributed by atoms with E-state index in [0.29, 0.717) is 19.8 Å². The maximum absolute atomic E-state index is 11.9. The smallest absolute Gasteiger partial charge is 0.225 e. The van der Waals surface area contributed by atoms with Crippen LogP contribution in [0.2, 0.25) is 0 Å². The Hall–Kier alpha value is -1.30. The zero-order valence-corrected chi connectivity index (χ0v) is 14.0. The first-order valence-corrected chi connectivity index (χ1v) is 7.40. The van der Waals surface area contributed by atoms with Crippen LogP contribution >= 0.6 is 12.4 Å². The summed E-state index contributed by atoms with van der Waals surface area (Å²) >= 11 is 0. The first-order valence-electron chi connectivity index (χ1n) is 7.40. The molecule has 0 atom stereocenters. The molecule has 1 aromatic carbocycles. The lowest BCUT2D eigenvalue weighted by Gasteiger charge is -2.26. The molecule has 2 rings (SSSR count). The Balaban J connectivity index is 0.00000242. The van der Waals surface area contributed by atoms with Crippen molar-refractivity contribution < 1.29 is 14.3 Å². The summed E-state index contributed by atoms with van der Waals surface area (Å²) in [5.41, 5.74) is 2.16. The van der Waals surface area contributed by atoms with Crippen molar-refractivity contribution in [1.29, 1.82) is 0 Å². The van der Waals surface area contributed by atoms with Crippen LogP contribution < -0.4 is 15.4 Å². The Morgan fingerprint density at radius 1 is 1.36 bits per heavy atom. The maximum Gasteiger partial charge on any atom is 0.225 e. The Labute approximate surface area is 138 Å². The number of hydrogen-bond acceptors (Lipinski definition) is 4. The predicted molar refractivity (Wildman–Crippen MR) is 88.6 cm³/mol. The normalized spacial score (nSPS) is 13.9. The fraction of sp³-hybridized carbons (Fsp3) is 0.562. The number of aryl methyl sites for hydroxylation is 1. The molecule has 1 saturated heterocycles. The summed E-state index contributed by atoms with van der Waals surface area (Å²) < 4.78 is 10.8. The highest BCUT2D eigenvalue weighted by Crippen LogP contribution is 2.20. The van der Waals surface area contributed by atoms with Crippen LogP contribution in [0.4, 0.5) is 0 Å². The molecule has 0 bridgehead atoms. The largest absolute Gasteiger partial charge is 0.493 e. The summed E-state index contributed by atoms with van der Waals surface area (Å²) in [6, 6.07) is 6.06. The molecular weight excluding hydrogens is 304 g/mol. The van der Waals surface area contributed by atoms with Crippen molar-refractivity contribution in [2.24, 2.45) is 5.92 Å². The third-order valence-corrected chi connectivity index (χ3v) is 3.58. The molecule has 1 amide bonds. The van der Waals surface area contributed by atoms with Crippen molar-refractivity contribution in [2.45, 2.75) is 19.9 Å². The summed E-state index contributed by atoms with van der Waals surface area (Å²) in [4.78, 5) is 11.9. The lowest BCUT2D eigenvalue weighted by atomic mass is 10.0. The molecule has 2 N–H and O–H groups in total. The minimum atomic E-state index is 0. The number of rotatable bonds is 8. The van der Waals surface area contributed by atoms with Crippen LogP contribution in [-0.2, 0) is 16.1 Å². The number of halogens is 1. The van der Waals surface area contributed by atoms with Crippen molar-refractivity contribution >= 4 is 18.3 Å². The summed E-state index contributed by atoms with van der Waals surface area (Å²) in [6.07, 6.45) is 0.851. The van der Waals surface area contributed by atoms with Gasteiger partial charge < -0.3 is 20.1 Å². The molecule has 1 heterocycles. The third-order valence-electron chi connectivity index (χ3n) is 3.58. The van der Waals surface area contributed by atoms with Gasteiger partial charge in [-0.05, 0) is 18.6 Å². The summed E-state index contributed by atoms with van der Waals surface area (Å²) in [6.45, 7) is 5.40. The molecule has 0 aliphatic carbocycles. The fourth-order valence-electron chi connectivity index (χ4n) is 2.13. The zero-order chi connectivity index (χ0) is 15.1. The van der Waals surface area contributed by atoms with Gasteiger partial charge in [0.05, 0.1) is 12.5 Å². The molecule has 124 valence electrons. The van der Waals surface area contributed by atoms with Crippen LogP contribution in [-0.4, -0.2) is 39.3 Å². The highest BCUT2D eigenvalue weighted by Gasteiger charge is 2.24. The van der Waals surface area contributed by atoms with Crippen molar-refractivity contribution in [2.75, 3.05) is 33.4 Å². The van der Waals surface area contributed by atoms with E-state index in [0.717, 1.165) is 36.4 Å².